The van der Waals surface area contributed by atoms with Crippen LogP contribution in [0.3, 0.4) is 0 Å². The molecule has 2 N–H and O–H groups in total. The maximum Gasteiger partial charge on any atom is 0.269 e. The molecule has 0 radical (unpaired) electrons. The van der Waals surface area contributed by atoms with Gasteiger partial charge in [0.2, 0.25) is 10.0 Å². The van der Waals surface area contributed by atoms with Crippen molar-refractivity contribution in [3.8, 4) is 11.1 Å². The Bertz CT molecular complexity index is 1030. The first kappa shape index (κ1) is 22.3. The van der Waals surface area contributed by atoms with Crippen molar-refractivity contribution >= 4 is 15.9 Å². The molecule has 0 bridgehead atoms. The van der Waals surface area contributed by atoms with E-state index in [1.807, 2.05) is 10.3 Å². The summed E-state index contributed by atoms with van der Waals surface area (Å²) in [6.07, 6.45) is 4.67. The molecule has 9 heteroatoms. The molecule has 3 rings (SSSR count). The number of hydrogen-bond acceptors (Lipinski definition) is 3. The number of rotatable bonds is 6. The van der Waals surface area contributed by atoms with Crippen molar-refractivity contribution in [1.29, 1.82) is 0 Å². The van der Waals surface area contributed by atoms with Gasteiger partial charge in [-0.15, -0.1) is 4.83 Å². The zero-order valence-electron chi connectivity index (χ0n) is 16.5. The Labute approximate surface area is 173 Å². The zero-order valence-corrected chi connectivity index (χ0v) is 17.3. The summed E-state index contributed by atoms with van der Waals surface area (Å²) in [6.45, 7) is 1.40. The number of carbonyl (C=O) groups excluding carboxylic acids is 1. The molecule has 0 aromatic heterocycles. The third-order valence-corrected chi connectivity index (χ3v) is 6.52. The summed E-state index contributed by atoms with van der Waals surface area (Å²) in [5, 5.41) is 0. The van der Waals surface area contributed by atoms with Gasteiger partial charge in [-0.25, -0.2) is 21.6 Å². The Morgan fingerprint density at radius 2 is 1.57 bits per heavy atom. The quantitative estimate of drug-likeness (QED) is 0.661. The standard InChI is InChI=1S/C21H23F3N2O3S/c1-13-7-15(16-8-17(22)11-18(23)9-16)10-19(20(13)24)21(27)25-26-30(28,29)12-14-5-3-2-4-6-14/h7-11,14,26H,2-6,12H2,1H3,(H,25,27). The minimum Gasteiger partial charge on any atom is -0.274 e. The Morgan fingerprint density at radius 1 is 0.967 bits per heavy atom. The highest BCUT2D eigenvalue weighted by molar-refractivity contribution is 7.89. The topological polar surface area (TPSA) is 75.3 Å². The molecule has 1 saturated carbocycles. The molecule has 0 atom stereocenters. The van der Waals surface area contributed by atoms with Crippen LogP contribution in [-0.2, 0) is 10.0 Å². The third-order valence-electron chi connectivity index (χ3n) is 5.19. The smallest absolute Gasteiger partial charge is 0.269 e. The van der Waals surface area contributed by atoms with Crippen LogP contribution in [0.2, 0.25) is 0 Å². The van der Waals surface area contributed by atoms with E-state index >= 15 is 0 Å². The largest absolute Gasteiger partial charge is 0.274 e. The van der Waals surface area contributed by atoms with Crippen LogP contribution in [0.15, 0.2) is 30.3 Å². The van der Waals surface area contributed by atoms with Gasteiger partial charge in [-0.1, -0.05) is 19.3 Å². The van der Waals surface area contributed by atoms with Crippen LogP contribution in [0.4, 0.5) is 13.2 Å². The zero-order chi connectivity index (χ0) is 21.9. The van der Waals surface area contributed by atoms with E-state index in [9.17, 15) is 26.4 Å². The fourth-order valence-electron chi connectivity index (χ4n) is 3.72. The summed E-state index contributed by atoms with van der Waals surface area (Å²) >= 11 is 0. The minimum absolute atomic E-state index is 0.0262. The average Bonchev–Trinajstić information content (AvgIpc) is 2.68. The highest BCUT2D eigenvalue weighted by atomic mass is 32.2. The number of nitrogens with one attached hydrogen (secondary N) is 2. The maximum absolute atomic E-state index is 14.5. The van der Waals surface area contributed by atoms with E-state index in [1.54, 1.807) is 0 Å². The highest BCUT2D eigenvalue weighted by Crippen LogP contribution is 2.27. The van der Waals surface area contributed by atoms with Crippen LogP contribution >= 0.6 is 0 Å². The molecule has 162 valence electrons. The molecule has 30 heavy (non-hydrogen) atoms. The van der Waals surface area contributed by atoms with E-state index in [4.69, 9.17) is 0 Å². The molecule has 0 unspecified atom stereocenters. The first-order valence-corrected chi connectivity index (χ1v) is 11.4. The molecular formula is C21H23F3N2O3S. The SMILES string of the molecule is Cc1cc(-c2cc(F)cc(F)c2)cc(C(=O)NNS(=O)(=O)CC2CCCCC2)c1F. The summed E-state index contributed by atoms with van der Waals surface area (Å²) in [7, 11) is -3.78. The van der Waals surface area contributed by atoms with E-state index < -0.39 is 38.9 Å². The van der Waals surface area contributed by atoms with Gasteiger partial charge in [0.25, 0.3) is 5.91 Å². The van der Waals surface area contributed by atoms with E-state index in [0.717, 1.165) is 50.3 Å². The van der Waals surface area contributed by atoms with E-state index in [-0.39, 0.29) is 28.4 Å². The Kier molecular flexibility index (Phi) is 6.82. The van der Waals surface area contributed by atoms with E-state index in [2.05, 4.69) is 0 Å². The molecule has 0 aliphatic heterocycles. The van der Waals surface area contributed by atoms with Crippen LogP contribution in [0.25, 0.3) is 11.1 Å². The lowest BCUT2D eigenvalue weighted by molar-refractivity contribution is 0.0940. The van der Waals surface area contributed by atoms with Crippen molar-refractivity contribution in [1.82, 2.24) is 10.3 Å². The fourth-order valence-corrected chi connectivity index (χ4v) is 5.00. The van der Waals surface area contributed by atoms with Gasteiger partial charge in [0.15, 0.2) is 0 Å². The molecule has 1 amide bonds. The first-order valence-electron chi connectivity index (χ1n) is 9.71. The number of sulfonamides is 1. The predicted molar refractivity (Wildman–Crippen MR) is 107 cm³/mol. The summed E-state index contributed by atoms with van der Waals surface area (Å²) in [4.78, 5) is 14.5. The van der Waals surface area contributed by atoms with Crippen molar-refractivity contribution in [3.63, 3.8) is 0 Å². The van der Waals surface area contributed by atoms with Crippen LogP contribution < -0.4 is 10.3 Å². The first-order chi connectivity index (χ1) is 14.1. The molecule has 0 spiro atoms. The molecule has 2 aromatic carbocycles. The van der Waals surface area contributed by atoms with Gasteiger partial charge < -0.3 is 0 Å². The number of hydrogen-bond donors (Lipinski definition) is 2. The number of aryl methyl sites for hydroxylation is 1. The van der Waals surface area contributed by atoms with Crippen LogP contribution in [0.1, 0.15) is 48.0 Å². The molecular weight excluding hydrogens is 417 g/mol. The summed E-state index contributed by atoms with van der Waals surface area (Å²) in [5.41, 5.74) is 2.03. The average molecular weight is 440 g/mol. The number of carbonyl (C=O) groups is 1. The minimum atomic E-state index is -3.78. The molecule has 1 aliphatic carbocycles. The van der Waals surface area contributed by atoms with Crippen molar-refractivity contribution < 1.29 is 26.4 Å². The van der Waals surface area contributed by atoms with Crippen molar-refractivity contribution in [2.45, 2.75) is 39.0 Å². The van der Waals surface area contributed by atoms with Gasteiger partial charge in [0, 0.05) is 6.07 Å². The molecule has 2 aromatic rings. The predicted octanol–water partition coefficient (Wildman–Crippen LogP) is 4.22. The van der Waals surface area contributed by atoms with E-state index in [1.165, 1.54) is 13.0 Å². The normalized spacial score (nSPS) is 15.2. The number of benzene rings is 2. The number of hydrazine groups is 1. The van der Waals surface area contributed by atoms with Crippen LogP contribution in [0, 0.1) is 30.3 Å². The molecule has 0 saturated heterocycles. The number of amides is 1. The van der Waals surface area contributed by atoms with Crippen LogP contribution in [-0.4, -0.2) is 20.1 Å². The van der Waals surface area contributed by atoms with Crippen molar-refractivity contribution in [3.05, 3.63) is 58.9 Å². The monoisotopic (exact) mass is 440 g/mol. The van der Waals surface area contributed by atoms with Crippen molar-refractivity contribution in [2.24, 2.45) is 5.92 Å². The summed E-state index contributed by atoms with van der Waals surface area (Å²) in [6, 6.07) is 5.30. The Morgan fingerprint density at radius 3 is 2.20 bits per heavy atom. The lowest BCUT2D eigenvalue weighted by Gasteiger charge is -2.21. The van der Waals surface area contributed by atoms with Gasteiger partial charge in [-0.3, -0.25) is 10.2 Å². The maximum atomic E-state index is 14.5. The highest BCUT2D eigenvalue weighted by Gasteiger charge is 2.23. The third kappa shape index (κ3) is 5.60. The summed E-state index contributed by atoms with van der Waals surface area (Å²) in [5.74, 6) is -3.56. The second kappa shape index (κ2) is 9.18. The molecule has 0 heterocycles. The fraction of sp³-hybridized carbons (Fsp3) is 0.381. The van der Waals surface area contributed by atoms with Gasteiger partial charge in [0.05, 0.1) is 11.3 Å². The summed E-state index contributed by atoms with van der Waals surface area (Å²) < 4.78 is 66.1. The van der Waals surface area contributed by atoms with E-state index in [0.29, 0.717) is 6.07 Å². The van der Waals surface area contributed by atoms with Crippen molar-refractivity contribution in [2.75, 3.05) is 5.75 Å². The molecule has 1 aliphatic rings. The van der Waals surface area contributed by atoms with Gasteiger partial charge in [-0.05, 0) is 66.6 Å². The second-order valence-electron chi connectivity index (χ2n) is 7.65. The Balaban J connectivity index is 1.77. The van der Waals surface area contributed by atoms with Gasteiger partial charge in [-0.2, -0.15) is 0 Å². The Hall–Kier alpha value is -2.39. The van der Waals surface area contributed by atoms with Crippen LogP contribution in [0.5, 0.6) is 0 Å². The van der Waals surface area contributed by atoms with Gasteiger partial charge >= 0.3 is 0 Å². The molecule has 5 nitrogen and oxygen atoms in total. The number of halogens is 3. The molecule has 1 fully saturated rings. The lowest BCUT2D eigenvalue weighted by atomic mass is 9.91. The lowest BCUT2D eigenvalue weighted by Crippen LogP contribution is -2.44. The second-order valence-corrected chi connectivity index (χ2v) is 9.42. The van der Waals surface area contributed by atoms with Gasteiger partial charge in [0.1, 0.15) is 17.5 Å².